The van der Waals surface area contributed by atoms with Gasteiger partial charge in [-0.25, -0.2) is 0 Å². The van der Waals surface area contributed by atoms with E-state index in [1.54, 1.807) is 37.5 Å². The summed E-state index contributed by atoms with van der Waals surface area (Å²) in [5.41, 5.74) is 2.10. The van der Waals surface area contributed by atoms with Gasteiger partial charge in [0, 0.05) is 5.69 Å². The third kappa shape index (κ3) is 4.18. The molecule has 0 aliphatic carbocycles. The van der Waals surface area contributed by atoms with Crippen molar-refractivity contribution in [2.45, 2.75) is 19.0 Å². The zero-order chi connectivity index (χ0) is 18.4. The number of hydrogen-bond donors (Lipinski definition) is 2. The van der Waals surface area contributed by atoms with Crippen LogP contribution in [-0.4, -0.2) is 11.9 Å². The molecule has 2 aromatic carbocycles. The maximum absolute atomic E-state index is 12.6. The Morgan fingerprint density at radius 3 is 2.58 bits per heavy atom. The van der Waals surface area contributed by atoms with Gasteiger partial charge in [-0.15, -0.1) is 0 Å². The average Bonchev–Trinajstić information content (AvgIpc) is 3.21. The van der Waals surface area contributed by atoms with Gasteiger partial charge in [0.15, 0.2) is 0 Å². The van der Waals surface area contributed by atoms with Crippen molar-refractivity contribution in [1.29, 1.82) is 5.26 Å². The van der Waals surface area contributed by atoms with Crippen molar-refractivity contribution < 1.29 is 9.21 Å². The topological polar surface area (TPSA) is 78.1 Å². The number of nitrogens with one attached hydrogen (secondary N) is 2. The van der Waals surface area contributed by atoms with Gasteiger partial charge in [-0.2, -0.15) is 5.26 Å². The molecule has 5 nitrogen and oxygen atoms in total. The van der Waals surface area contributed by atoms with Gasteiger partial charge in [0.05, 0.1) is 30.0 Å². The molecule has 0 fully saturated rings. The number of nitriles is 1. The highest BCUT2D eigenvalue weighted by Crippen LogP contribution is 2.23. The van der Waals surface area contributed by atoms with Gasteiger partial charge in [0.2, 0.25) is 5.91 Å². The number of nitrogens with zero attached hydrogens (tertiary/aromatic N) is 1. The molecular formula is C21H19N3O2. The largest absolute Gasteiger partial charge is 0.467 e. The Hall–Kier alpha value is -3.36. The maximum Gasteiger partial charge on any atom is 0.241 e. The lowest BCUT2D eigenvalue weighted by atomic mass is 10.0. The van der Waals surface area contributed by atoms with Crippen molar-refractivity contribution in [2.24, 2.45) is 0 Å². The van der Waals surface area contributed by atoms with Crippen LogP contribution < -0.4 is 10.6 Å². The highest BCUT2D eigenvalue weighted by atomic mass is 16.3. The van der Waals surface area contributed by atoms with Crippen molar-refractivity contribution in [1.82, 2.24) is 5.32 Å². The van der Waals surface area contributed by atoms with E-state index in [-0.39, 0.29) is 11.9 Å². The summed E-state index contributed by atoms with van der Waals surface area (Å²) in [5.74, 6) is 0.551. The number of furan rings is 1. The minimum Gasteiger partial charge on any atom is -0.467 e. The number of carbonyl (C=O) groups is 1. The van der Waals surface area contributed by atoms with E-state index in [2.05, 4.69) is 16.7 Å². The third-order valence-electron chi connectivity index (χ3n) is 4.03. The number of carbonyl (C=O) groups excluding carboxylic acids is 1. The zero-order valence-corrected chi connectivity index (χ0v) is 14.3. The van der Waals surface area contributed by atoms with E-state index in [1.165, 1.54) is 0 Å². The van der Waals surface area contributed by atoms with E-state index in [9.17, 15) is 4.79 Å². The summed E-state index contributed by atoms with van der Waals surface area (Å²) in [5, 5.41) is 15.1. The molecule has 0 radical (unpaired) electrons. The molecule has 0 bridgehead atoms. The first kappa shape index (κ1) is 17.5. The fraction of sp³-hybridized carbons (Fsp3) is 0.143. The lowest BCUT2D eigenvalue weighted by Gasteiger charge is -2.22. The van der Waals surface area contributed by atoms with Crippen molar-refractivity contribution >= 4 is 11.6 Å². The van der Waals surface area contributed by atoms with Crippen molar-refractivity contribution in [3.63, 3.8) is 0 Å². The van der Waals surface area contributed by atoms with Crippen LogP contribution in [0.2, 0.25) is 0 Å². The van der Waals surface area contributed by atoms with Gasteiger partial charge in [-0.05, 0) is 42.8 Å². The second-order valence-electron chi connectivity index (χ2n) is 5.93. The quantitative estimate of drug-likeness (QED) is 0.711. The SMILES string of the molecule is C[C@@H](N[C@@H](c1ccccc1)c1ccco1)C(=O)Nc1cccc(C#N)c1. The first-order chi connectivity index (χ1) is 12.7. The van der Waals surface area contributed by atoms with E-state index < -0.39 is 6.04 Å². The number of benzene rings is 2. The van der Waals surface area contributed by atoms with Crippen LogP contribution in [0.1, 0.15) is 29.9 Å². The average molecular weight is 345 g/mol. The Morgan fingerprint density at radius 1 is 1.08 bits per heavy atom. The van der Waals surface area contributed by atoms with E-state index in [0.29, 0.717) is 11.3 Å². The Balaban J connectivity index is 1.74. The molecule has 1 aromatic heterocycles. The molecule has 0 aliphatic heterocycles. The molecule has 3 rings (SSSR count). The molecule has 1 amide bonds. The van der Waals surface area contributed by atoms with E-state index in [4.69, 9.17) is 9.68 Å². The predicted molar refractivity (Wildman–Crippen MR) is 99.4 cm³/mol. The minimum absolute atomic E-state index is 0.187. The van der Waals surface area contributed by atoms with E-state index in [1.807, 2.05) is 42.5 Å². The maximum atomic E-state index is 12.6. The van der Waals surface area contributed by atoms with Gasteiger partial charge < -0.3 is 9.73 Å². The fourth-order valence-electron chi connectivity index (χ4n) is 2.69. The van der Waals surface area contributed by atoms with Crippen LogP contribution in [0.3, 0.4) is 0 Å². The summed E-state index contributed by atoms with van der Waals surface area (Å²) in [6.45, 7) is 1.79. The number of anilines is 1. The normalized spacial score (nSPS) is 12.8. The Morgan fingerprint density at radius 2 is 1.88 bits per heavy atom. The fourth-order valence-corrected chi connectivity index (χ4v) is 2.69. The predicted octanol–water partition coefficient (Wildman–Crippen LogP) is 3.86. The van der Waals surface area contributed by atoms with Crippen molar-refractivity contribution in [3.05, 3.63) is 89.9 Å². The molecule has 2 N–H and O–H groups in total. The van der Waals surface area contributed by atoms with Crippen LogP contribution in [0.4, 0.5) is 5.69 Å². The monoisotopic (exact) mass is 345 g/mol. The van der Waals surface area contributed by atoms with Gasteiger partial charge in [0.25, 0.3) is 0 Å². The molecule has 0 saturated carbocycles. The summed E-state index contributed by atoms with van der Waals surface area (Å²) < 4.78 is 5.55. The summed E-state index contributed by atoms with van der Waals surface area (Å²) in [7, 11) is 0. The van der Waals surface area contributed by atoms with E-state index in [0.717, 1.165) is 11.3 Å². The minimum atomic E-state index is -0.476. The summed E-state index contributed by atoms with van der Waals surface area (Å²) in [6, 6.07) is 21.7. The number of rotatable bonds is 6. The molecular weight excluding hydrogens is 326 g/mol. The van der Waals surface area contributed by atoms with Gasteiger partial charge in [-0.1, -0.05) is 36.4 Å². The molecule has 3 aromatic rings. The van der Waals surface area contributed by atoms with Crippen molar-refractivity contribution in [2.75, 3.05) is 5.32 Å². The standard InChI is InChI=1S/C21H19N3O2/c1-15(21(25)24-18-10-5-7-16(13-18)14-22)23-20(19-11-6-12-26-19)17-8-3-2-4-9-17/h2-13,15,20,23H,1H3,(H,24,25)/t15-,20+/m1/s1. The molecule has 5 heteroatoms. The van der Waals surface area contributed by atoms with Gasteiger partial charge >= 0.3 is 0 Å². The molecule has 0 aliphatic rings. The molecule has 26 heavy (non-hydrogen) atoms. The van der Waals surface area contributed by atoms with Gasteiger partial charge in [-0.3, -0.25) is 10.1 Å². The smallest absolute Gasteiger partial charge is 0.241 e. The second kappa shape index (κ2) is 8.15. The summed E-state index contributed by atoms with van der Waals surface area (Å²) in [6.07, 6.45) is 1.62. The number of hydrogen-bond acceptors (Lipinski definition) is 4. The van der Waals surface area contributed by atoms with Crippen molar-refractivity contribution in [3.8, 4) is 6.07 Å². The lowest BCUT2D eigenvalue weighted by molar-refractivity contribution is -0.117. The molecule has 0 unspecified atom stereocenters. The molecule has 0 saturated heterocycles. The molecule has 130 valence electrons. The van der Waals surface area contributed by atoms with Gasteiger partial charge in [0.1, 0.15) is 5.76 Å². The first-order valence-electron chi connectivity index (χ1n) is 8.33. The second-order valence-corrected chi connectivity index (χ2v) is 5.93. The van der Waals surface area contributed by atoms with Crippen LogP contribution >= 0.6 is 0 Å². The van der Waals surface area contributed by atoms with Crippen LogP contribution in [-0.2, 0) is 4.79 Å². The van der Waals surface area contributed by atoms with Crippen LogP contribution in [0.5, 0.6) is 0 Å². The zero-order valence-electron chi connectivity index (χ0n) is 14.3. The van der Waals surface area contributed by atoms with Crippen LogP contribution in [0.25, 0.3) is 0 Å². The Kier molecular flexibility index (Phi) is 5.47. The summed E-state index contributed by atoms with van der Waals surface area (Å²) in [4.78, 5) is 12.6. The molecule has 2 atom stereocenters. The lowest BCUT2D eigenvalue weighted by Crippen LogP contribution is -2.40. The highest BCUT2D eigenvalue weighted by molar-refractivity contribution is 5.94. The molecule has 0 spiro atoms. The Bertz CT molecular complexity index is 899. The first-order valence-corrected chi connectivity index (χ1v) is 8.33. The third-order valence-corrected chi connectivity index (χ3v) is 4.03. The van der Waals surface area contributed by atoms with Crippen LogP contribution in [0, 0.1) is 11.3 Å². The highest BCUT2D eigenvalue weighted by Gasteiger charge is 2.22. The van der Waals surface area contributed by atoms with Crippen LogP contribution in [0.15, 0.2) is 77.4 Å². The Labute approximate surface area is 152 Å². The summed E-state index contributed by atoms with van der Waals surface area (Å²) >= 11 is 0. The number of amides is 1. The molecule has 1 heterocycles. The van der Waals surface area contributed by atoms with E-state index >= 15 is 0 Å².